The van der Waals surface area contributed by atoms with Crippen LogP contribution in [0.2, 0.25) is 0 Å². The average molecular weight is 311 g/mol. The van der Waals surface area contributed by atoms with E-state index in [4.69, 9.17) is 0 Å². The van der Waals surface area contributed by atoms with Gasteiger partial charge in [-0.25, -0.2) is 8.78 Å². The van der Waals surface area contributed by atoms with Crippen molar-refractivity contribution in [3.8, 4) is 0 Å². The molecule has 0 spiro atoms. The van der Waals surface area contributed by atoms with Crippen molar-refractivity contribution in [2.45, 2.75) is 57.4 Å². The maximum absolute atomic E-state index is 13.0. The van der Waals surface area contributed by atoms with Gasteiger partial charge in [-0.3, -0.25) is 10.1 Å². The Labute approximate surface area is 125 Å². The van der Waals surface area contributed by atoms with Gasteiger partial charge in [0.15, 0.2) is 0 Å². The van der Waals surface area contributed by atoms with E-state index in [-0.39, 0.29) is 31.3 Å². The van der Waals surface area contributed by atoms with Crippen molar-refractivity contribution in [3.63, 3.8) is 0 Å². The van der Waals surface area contributed by atoms with E-state index in [0.29, 0.717) is 12.5 Å². The van der Waals surface area contributed by atoms with Crippen LogP contribution in [-0.4, -0.2) is 31.0 Å². The van der Waals surface area contributed by atoms with Gasteiger partial charge in [-0.05, 0) is 24.7 Å². The summed E-state index contributed by atoms with van der Waals surface area (Å²) in [4.78, 5) is 11.8. The predicted octanol–water partition coefficient (Wildman–Crippen LogP) is 2.74. The maximum Gasteiger partial charge on any atom is 0.262 e. The quantitative estimate of drug-likeness (QED) is 0.838. The molecule has 1 saturated heterocycles. The predicted molar refractivity (Wildman–Crippen MR) is 77.4 cm³/mol. The van der Waals surface area contributed by atoms with Crippen molar-refractivity contribution in [1.29, 1.82) is 0 Å². The highest BCUT2D eigenvalue weighted by Gasteiger charge is 2.42. The molecule has 1 aliphatic carbocycles. The molecule has 2 aliphatic rings. The van der Waals surface area contributed by atoms with Gasteiger partial charge in [-0.2, -0.15) is 0 Å². The third-order valence-electron chi connectivity index (χ3n) is 4.53. The summed E-state index contributed by atoms with van der Waals surface area (Å²) in [6, 6.07) is -0.720. The van der Waals surface area contributed by atoms with Crippen molar-refractivity contribution < 1.29 is 13.6 Å². The average Bonchev–Trinajstić information content (AvgIpc) is 2.77. The molecule has 118 valence electrons. The second-order valence-corrected chi connectivity index (χ2v) is 6.03. The Kier molecular flexibility index (Phi) is 6.65. The van der Waals surface area contributed by atoms with Gasteiger partial charge in [0.25, 0.3) is 5.92 Å². The maximum atomic E-state index is 13.0. The molecule has 0 aromatic carbocycles. The minimum atomic E-state index is -2.73. The topological polar surface area (TPSA) is 41.1 Å². The van der Waals surface area contributed by atoms with E-state index in [0.717, 1.165) is 18.8 Å². The monoisotopic (exact) mass is 310 g/mol. The summed E-state index contributed by atoms with van der Waals surface area (Å²) in [5.74, 6) is -1.65. The van der Waals surface area contributed by atoms with Crippen LogP contribution in [0.3, 0.4) is 0 Å². The van der Waals surface area contributed by atoms with Gasteiger partial charge in [-0.1, -0.05) is 26.2 Å². The van der Waals surface area contributed by atoms with Crippen LogP contribution >= 0.6 is 12.4 Å². The molecule has 0 aromatic rings. The number of amides is 1. The molecule has 6 heteroatoms. The summed E-state index contributed by atoms with van der Waals surface area (Å²) in [5, 5.41) is 5.42. The molecule has 2 fully saturated rings. The van der Waals surface area contributed by atoms with E-state index in [9.17, 15) is 13.6 Å². The van der Waals surface area contributed by atoms with E-state index in [1.54, 1.807) is 0 Å². The molecule has 3 nitrogen and oxygen atoms in total. The van der Waals surface area contributed by atoms with Crippen molar-refractivity contribution in [2.24, 2.45) is 11.8 Å². The molecule has 1 saturated carbocycles. The number of nitrogens with one attached hydrogen (secondary N) is 2. The zero-order chi connectivity index (χ0) is 13.9. The first-order valence-corrected chi connectivity index (χ1v) is 7.39. The minimum absolute atomic E-state index is 0. The van der Waals surface area contributed by atoms with Gasteiger partial charge < -0.3 is 5.32 Å². The first-order chi connectivity index (χ1) is 9.00. The van der Waals surface area contributed by atoms with Gasteiger partial charge in [0.1, 0.15) is 0 Å². The van der Waals surface area contributed by atoms with Gasteiger partial charge in [0.2, 0.25) is 5.91 Å². The molecule has 20 heavy (non-hydrogen) atoms. The number of carbonyl (C=O) groups is 1. The Hall–Kier alpha value is -0.420. The van der Waals surface area contributed by atoms with Gasteiger partial charge in [-0.15, -0.1) is 12.4 Å². The summed E-state index contributed by atoms with van der Waals surface area (Å²) in [6.07, 6.45) is 5.62. The number of alkyl halides is 2. The molecule has 0 aromatic heterocycles. The zero-order valence-corrected chi connectivity index (χ0v) is 12.8. The molecule has 1 heterocycles. The summed E-state index contributed by atoms with van der Waals surface area (Å²) in [5.41, 5.74) is 0. The third-order valence-corrected chi connectivity index (χ3v) is 4.53. The number of hydrogen-bond donors (Lipinski definition) is 2. The van der Waals surface area contributed by atoms with Gasteiger partial charge in [0.05, 0.1) is 12.6 Å². The smallest absolute Gasteiger partial charge is 0.262 e. The zero-order valence-electron chi connectivity index (χ0n) is 12.0. The van der Waals surface area contributed by atoms with Crippen LogP contribution in [0.25, 0.3) is 0 Å². The highest BCUT2D eigenvalue weighted by atomic mass is 35.5. The molecule has 1 unspecified atom stereocenters. The number of rotatable bonds is 4. The molecule has 0 radical (unpaired) electrons. The summed E-state index contributed by atoms with van der Waals surface area (Å²) < 4.78 is 26.0. The normalized spacial score (nSPS) is 32.5. The summed E-state index contributed by atoms with van der Waals surface area (Å²) in [6.45, 7) is 2.48. The highest BCUT2D eigenvalue weighted by Crippen LogP contribution is 2.30. The van der Waals surface area contributed by atoms with Crippen LogP contribution < -0.4 is 10.6 Å². The van der Waals surface area contributed by atoms with Crippen LogP contribution in [0.1, 0.15) is 45.4 Å². The van der Waals surface area contributed by atoms with Crippen molar-refractivity contribution >= 4 is 18.3 Å². The third kappa shape index (κ3) is 4.85. The fraction of sp³-hybridized carbons (Fsp3) is 0.929. The lowest BCUT2D eigenvalue weighted by atomic mass is 9.81. The molecule has 1 amide bonds. The van der Waals surface area contributed by atoms with E-state index in [2.05, 4.69) is 17.6 Å². The fourth-order valence-corrected chi connectivity index (χ4v) is 3.11. The van der Waals surface area contributed by atoms with Crippen molar-refractivity contribution in [1.82, 2.24) is 10.6 Å². The van der Waals surface area contributed by atoms with Crippen LogP contribution in [0.15, 0.2) is 0 Å². The molecule has 2 N–H and O–H groups in total. The Morgan fingerprint density at radius 1 is 1.25 bits per heavy atom. The summed E-state index contributed by atoms with van der Waals surface area (Å²) in [7, 11) is 0. The van der Waals surface area contributed by atoms with E-state index in [1.165, 1.54) is 19.3 Å². The highest BCUT2D eigenvalue weighted by molar-refractivity contribution is 5.85. The van der Waals surface area contributed by atoms with Gasteiger partial charge >= 0.3 is 0 Å². The molecule has 1 aliphatic heterocycles. The number of carbonyl (C=O) groups excluding carboxylic acids is 1. The van der Waals surface area contributed by atoms with Gasteiger partial charge in [0, 0.05) is 13.0 Å². The molecule has 2 rings (SSSR count). The molecular weight excluding hydrogens is 286 g/mol. The van der Waals surface area contributed by atoms with Crippen molar-refractivity contribution in [2.75, 3.05) is 13.1 Å². The first-order valence-electron chi connectivity index (χ1n) is 7.39. The lowest BCUT2D eigenvalue weighted by Gasteiger charge is -2.28. The second-order valence-electron chi connectivity index (χ2n) is 6.03. The lowest BCUT2D eigenvalue weighted by Crippen LogP contribution is -2.42. The standard InChI is InChI=1S/C14H24F2N2O.ClH/c1-2-10-3-5-11(6-4-10)8-17-13(19)12-7-14(15,16)9-18-12;/h10-12,18H,2-9H2,1H3,(H,17,19);1H. The largest absolute Gasteiger partial charge is 0.354 e. The molecular formula is C14H25ClF2N2O. The Balaban J connectivity index is 0.00000200. The van der Waals surface area contributed by atoms with Crippen LogP contribution in [-0.2, 0) is 4.79 Å². The second kappa shape index (κ2) is 7.55. The first kappa shape index (κ1) is 17.6. The van der Waals surface area contributed by atoms with E-state index in [1.807, 2.05) is 0 Å². The van der Waals surface area contributed by atoms with Crippen LogP contribution in [0, 0.1) is 11.8 Å². The van der Waals surface area contributed by atoms with Crippen LogP contribution in [0.5, 0.6) is 0 Å². The fourth-order valence-electron chi connectivity index (χ4n) is 3.11. The minimum Gasteiger partial charge on any atom is -0.354 e. The lowest BCUT2D eigenvalue weighted by molar-refractivity contribution is -0.123. The van der Waals surface area contributed by atoms with E-state index >= 15 is 0 Å². The number of halogens is 3. The van der Waals surface area contributed by atoms with Crippen molar-refractivity contribution in [3.05, 3.63) is 0 Å². The SMILES string of the molecule is CCC1CCC(CNC(=O)C2CC(F)(F)CN2)CC1.Cl. The molecule has 1 atom stereocenters. The number of hydrogen-bond acceptors (Lipinski definition) is 2. The Morgan fingerprint density at radius 3 is 2.35 bits per heavy atom. The summed E-state index contributed by atoms with van der Waals surface area (Å²) >= 11 is 0. The Bertz CT molecular complexity index is 320. The molecule has 0 bridgehead atoms. The van der Waals surface area contributed by atoms with Crippen LogP contribution in [0.4, 0.5) is 8.78 Å². The van der Waals surface area contributed by atoms with E-state index < -0.39 is 12.0 Å². The Morgan fingerprint density at radius 2 is 1.85 bits per heavy atom.